The Labute approximate surface area is 107 Å². The fourth-order valence-electron chi connectivity index (χ4n) is 1.02. The molecule has 10 heteroatoms. The average molecular weight is 293 g/mol. The van der Waals surface area contributed by atoms with Crippen molar-refractivity contribution >= 4 is 13.5 Å². The van der Waals surface area contributed by atoms with Crippen LogP contribution in [-0.4, -0.2) is 39.3 Å². The van der Waals surface area contributed by atoms with Gasteiger partial charge in [-0.25, -0.2) is 4.57 Å². The van der Waals surface area contributed by atoms with Crippen molar-refractivity contribution in [2.45, 2.75) is 6.10 Å². The van der Waals surface area contributed by atoms with Gasteiger partial charge >= 0.3 is 7.82 Å². The molecule has 0 aliphatic carbocycles. The van der Waals surface area contributed by atoms with E-state index in [1.807, 2.05) is 0 Å². The molecule has 0 spiro atoms. The van der Waals surface area contributed by atoms with Gasteiger partial charge in [-0.3, -0.25) is 19.5 Å². The van der Waals surface area contributed by atoms with E-state index in [2.05, 4.69) is 9.05 Å². The van der Waals surface area contributed by atoms with E-state index in [0.717, 1.165) is 24.3 Å². The summed E-state index contributed by atoms with van der Waals surface area (Å²) in [6.07, 6.45) is -1.30. The molecule has 0 amide bonds. The largest absolute Gasteiger partial charge is 0.527 e. The number of aliphatic hydroxyl groups is 2. The predicted molar refractivity (Wildman–Crippen MR) is 62.6 cm³/mol. The van der Waals surface area contributed by atoms with E-state index in [-0.39, 0.29) is 11.4 Å². The molecule has 0 radical (unpaired) electrons. The topological polar surface area (TPSA) is 139 Å². The van der Waals surface area contributed by atoms with Gasteiger partial charge in [0.15, 0.2) is 0 Å². The average Bonchev–Trinajstić information content (AvgIpc) is 2.36. The molecule has 2 atom stereocenters. The summed E-state index contributed by atoms with van der Waals surface area (Å²) >= 11 is 0. The minimum Gasteiger partial charge on any atom is -0.404 e. The van der Waals surface area contributed by atoms with Crippen LogP contribution < -0.4 is 4.52 Å². The maximum atomic E-state index is 11.4. The highest BCUT2D eigenvalue weighted by atomic mass is 31.2. The summed E-state index contributed by atoms with van der Waals surface area (Å²) in [6.45, 7) is -1.21. The third-order valence-corrected chi connectivity index (χ3v) is 2.83. The van der Waals surface area contributed by atoms with Crippen LogP contribution >= 0.6 is 7.82 Å². The fraction of sp³-hybridized carbons (Fsp3) is 0.333. The lowest BCUT2D eigenvalue weighted by Gasteiger charge is -2.14. The molecule has 0 saturated carbocycles. The van der Waals surface area contributed by atoms with Crippen LogP contribution in [-0.2, 0) is 9.09 Å². The van der Waals surface area contributed by atoms with Gasteiger partial charge in [-0.15, -0.1) is 0 Å². The summed E-state index contributed by atoms with van der Waals surface area (Å²) in [5, 5.41) is 27.8. The standard InChI is InChI=1S/C9H12NO8P/c11-5-8(12)6-17-19(15,16)18-9-3-1-7(2-4-9)10(13)14/h1-4,8,11-12H,5-6H2,(H,15,16)/t8-/m0/s1. The lowest BCUT2D eigenvalue weighted by atomic mass is 10.3. The smallest absolute Gasteiger partial charge is 0.404 e. The summed E-state index contributed by atoms with van der Waals surface area (Å²) in [5.74, 6) is -0.102. The van der Waals surface area contributed by atoms with E-state index >= 15 is 0 Å². The monoisotopic (exact) mass is 293 g/mol. The Hall–Kier alpha value is -1.51. The van der Waals surface area contributed by atoms with E-state index in [9.17, 15) is 19.6 Å². The second kappa shape index (κ2) is 6.60. The number of hydrogen-bond acceptors (Lipinski definition) is 7. The van der Waals surface area contributed by atoms with Crippen LogP contribution in [0.15, 0.2) is 24.3 Å². The maximum absolute atomic E-state index is 11.4. The van der Waals surface area contributed by atoms with Crippen LogP contribution in [0.4, 0.5) is 5.69 Å². The summed E-state index contributed by atoms with van der Waals surface area (Å²) in [7, 11) is -4.46. The van der Waals surface area contributed by atoms with Gasteiger partial charge in [-0.2, -0.15) is 0 Å². The first-order valence-corrected chi connectivity index (χ1v) is 6.54. The molecule has 0 bridgehead atoms. The normalized spacial score (nSPS) is 15.5. The highest BCUT2D eigenvalue weighted by Gasteiger charge is 2.24. The molecule has 0 heterocycles. The summed E-state index contributed by atoms with van der Waals surface area (Å²) in [5.41, 5.74) is -0.197. The Morgan fingerprint density at radius 1 is 1.37 bits per heavy atom. The molecule has 0 fully saturated rings. The lowest BCUT2D eigenvalue weighted by Crippen LogP contribution is -2.19. The van der Waals surface area contributed by atoms with Gasteiger partial charge in [-0.1, -0.05) is 0 Å². The van der Waals surface area contributed by atoms with Gasteiger partial charge in [-0.05, 0) is 12.1 Å². The van der Waals surface area contributed by atoms with E-state index in [0.29, 0.717) is 0 Å². The van der Waals surface area contributed by atoms with E-state index in [4.69, 9.17) is 10.2 Å². The van der Waals surface area contributed by atoms with Gasteiger partial charge in [0.25, 0.3) is 5.69 Å². The Balaban J connectivity index is 2.62. The Morgan fingerprint density at radius 2 is 1.95 bits per heavy atom. The van der Waals surface area contributed by atoms with Crippen LogP contribution in [0, 0.1) is 10.1 Å². The predicted octanol–water partition coefficient (Wildman–Crippen LogP) is 0.444. The molecular weight excluding hydrogens is 281 g/mol. The molecule has 0 saturated heterocycles. The molecule has 3 N–H and O–H groups in total. The van der Waals surface area contributed by atoms with Crippen molar-refractivity contribution in [1.82, 2.24) is 0 Å². The molecule has 0 aliphatic heterocycles. The first-order chi connectivity index (χ1) is 8.84. The first kappa shape index (κ1) is 15.5. The van der Waals surface area contributed by atoms with Crippen LogP contribution in [0.2, 0.25) is 0 Å². The number of nitrogens with zero attached hydrogens (tertiary/aromatic N) is 1. The molecule has 9 nitrogen and oxygen atoms in total. The summed E-state index contributed by atoms with van der Waals surface area (Å²) < 4.78 is 20.4. The Kier molecular flexibility index (Phi) is 5.40. The highest BCUT2D eigenvalue weighted by molar-refractivity contribution is 7.47. The van der Waals surface area contributed by atoms with Crippen LogP contribution in [0.25, 0.3) is 0 Å². The van der Waals surface area contributed by atoms with Crippen LogP contribution in [0.5, 0.6) is 5.75 Å². The SMILES string of the molecule is O=[N+]([O-])c1ccc(OP(=O)(O)OC[C@@H](O)CO)cc1. The second-order valence-corrected chi connectivity index (χ2v) is 4.82. The Morgan fingerprint density at radius 3 is 2.42 bits per heavy atom. The molecule has 19 heavy (non-hydrogen) atoms. The molecule has 106 valence electrons. The zero-order valence-electron chi connectivity index (χ0n) is 9.58. The van der Waals surface area contributed by atoms with Gasteiger partial charge in [0.05, 0.1) is 18.1 Å². The van der Waals surface area contributed by atoms with Gasteiger partial charge in [0.1, 0.15) is 11.9 Å². The maximum Gasteiger partial charge on any atom is 0.527 e. The van der Waals surface area contributed by atoms with Gasteiger partial charge in [0, 0.05) is 12.1 Å². The highest BCUT2D eigenvalue weighted by Crippen LogP contribution is 2.44. The third-order valence-electron chi connectivity index (χ3n) is 1.91. The summed E-state index contributed by atoms with van der Waals surface area (Å²) in [4.78, 5) is 19.0. The minimum atomic E-state index is -4.46. The number of aliphatic hydroxyl groups excluding tert-OH is 2. The van der Waals surface area contributed by atoms with E-state index in [1.54, 1.807) is 0 Å². The molecular formula is C9H12NO8P. The van der Waals surface area contributed by atoms with Crippen molar-refractivity contribution in [3.8, 4) is 5.75 Å². The van der Waals surface area contributed by atoms with E-state index in [1.165, 1.54) is 0 Å². The zero-order valence-corrected chi connectivity index (χ0v) is 10.5. The van der Waals surface area contributed by atoms with Crippen LogP contribution in [0.3, 0.4) is 0 Å². The number of phosphoric acid groups is 1. The van der Waals surface area contributed by atoms with Gasteiger partial charge < -0.3 is 14.7 Å². The molecule has 1 aromatic carbocycles. The number of nitro benzene ring substituents is 1. The minimum absolute atomic E-state index is 0.102. The number of rotatable bonds is 7. The molecule has 1 rings (SSSR count). The molecule has 0 aliphatic rings. The molecule has 1 aromatic rings. The number of nitro groups is 1. The molecule has 0 aromatic heterocycles. The Bertz CT molecular complexity index is 476. The number of benzene rings is 1. The lowest BCUT2D eigenvalue weighted by molar-refractivity contribution is -0.384. The van der Waals surface area contributed by atoms with E-state index < -0.39 is 32.1 Å². The van der Waals surface area contributed by atoms with Crippen molar-refractivity contribution in [1.29, 1.82) is 0 Å². The van der Waals surface area contributed by atoms with Crippen molar-refractivity contribution < 1.29 is 33.6 Å². The second-order valence-electron chi connectivity index (χ2n) is 3.44. The first-order valence-electron chi connectivity index (χ1n) is 5.04. The number of hydrogen-bond donors (Lipinski definition) is 3. The van der Waals surface area contributed by atoms with Gasteiger partial charge in [0.2, 0.25) is 0 Å². The van der Waals surface area contributed by atoms with Crippen molar-refractivity contribution in [2.24, 2.45) is 0 Å². The quantitative estimate of drug-likeness (QED) is 0.374. The van der Waals surface area contributed by atoms with Crippen LogP contribution in [0.1, 0.15) is 0 Å². The van der Waals surface area contributed by atoms with Crippen molar-refractivity contribution in [3.63, 3.8) is 0 Å². The number of non-ortho nitro benzene ring substituents is 1. The number of phosphoric ester groups is 1. The zero-order chi connectivity index (χ0) is 14.5. The third kappa shape index (κ3) is 5.33. The fourth-order valence-corrected chi connectivity index (χ4v) is 1.82. The summed E-state index contributed by atoms with van der Waals surface area (Å²) in [6, 6.07) is 4.45. The van der Waals surface area contributed by atoms with Crippen molar-refractivity contribution in [2.75, 3.05) is 13.2 Å². The molecule has 1 unspecified atom stereocenters. The van der Waals surface area contributed by atoms with Crippen molar-refractivity contribution in [3.05, 3.63) is 34.4 Å².